The van der Waals surface area contributed by atoms with Gasteiger partial charge in [0, 0.05) is 0 Å². The summed E-state index contributed by atoms with van der Waals surface area (Å²) < 4.78 is 4.72. The normalized spacial score (nSPS) is 12.1. The van der Waals surface area contributed by atoms with E-state index in [0.717, 1.165) is 6.42 Å². The topological polar surface area (TPSA) is 9.23 Å². The standard InChI is InChI=1S/C6H10O/c1-4-6(3)7-5-2/h2,6H,4H2,1,3H3. The van der Waals surface area contributed by atoms with Crippen LogP contribution in [0.15, 0.2) is 0 Å². The second-order valence-corrected chi connectivity index (χ2v) is 1.45. The zero-order valence-corrected chi connectivity index (χ0v) is 4.77. The van der Waals surface area contributed by atoms with Gasteiger partial charge in [0.2, 0.25) is 0 Å². The maximum atomic E-state index is 4.83. The van der Waals surface area contributed by atoms with Crippen LogP contribution in [0.1, 0.15) is 20.3 Å². The predicted octanol–water partition coefficient (Wildman–Crippen LogP) is 1.39. The van der Waals surface area contributed by atoms with Gasteiger partial charge in [0.15, 0.2) is 0 Å². The van der Waals surface area contributed by atoms with Gasteiger partial charge in [0.05, 0.1) is 0 Å². The van der Waals surface area contributed by atoms with E-state index in [1.54, 1.807) is 0 Å². The molecule has 40 valence electrons. The molecule has 0 N–H and O–H groups in total. The Morgan fingerprint density at radius 1 is 1.86 bits per heavy atom. The largest absolute Gasteiger partial charge is 0.444 e. The van der Waals surface area contributed by atoms with Gasteiger partial charge in [-0.2, -0.15) is 0 Å². The van der Waals surface area contributed by atoms with Crippen molar-refractivity contribution in [2.75, 3.05) is 0 Å². The van der Waals surface area contributed by atoms with Crippen molar-refractivity contribution in [1.82, 2.24) is 0 Å². The molecule has 0 aromatic carbocycles. The highest BCUT2D eigenvalue weighted by molar-refractivity contribution is 4.70. The SMILES string of the molecule is C#COC(C)CC. The molecule has 0 radical (unpaired) electrons. The molecule has 0 aliphatic heterocycles. The van der Waals surface area contributed by atoms with E-state index in [1.807, 2.05) is 13.8 Å². The Morgan fingerprint density at radius 3 is 2.57 bits per heavy atom. The molecular weight excluding hydrogens is 88.1 g/mol. The minimum absolute atomic E-state index is 0.213. The van der Waals surface area contributed by atoms with E-state index < -0.39 is 0 Å². The van der Waals surface area contributed by atoms with Gasteiger partial charge >= 0.3 is 0 Å². The Balaban J connectivity index is 3.03. The minimum Gasteiger partial charge on any atom is -0.444 e. The lowest BCUT2D eigenvalue weighted by Gasteiger charge is -2.01. The molecule has 1 nitrogen and oxygen atoms in total. The maximum Gasteiger partial charge on any atom is 0.107 e. The lowest BCUT2D eigenvalue weighted by Crippen LogP contribution is -1.99. The van der Waals surface area contributed by atoms with E-state index in [4.69, 9.17) is 11.2 Å². The maximum absolute atomic E-state index is 4.83. The molecule has 0 bridgehead atoms. The summed E-state index contributed by atoms with van der Waals surface area (Å²) in [5, 5.41) is 0. The van der Waals surface area contributed by atoms with Crippen LogP contribution < -0.4 is 0 Å². The van der Waals surface area contributed by atoms with Crippen molar-refractivity contribution in [2.24, 2.45) is 0 Å². The zero-order valence-electron chi connectivity index (χ0n) is 4.77. The second kappa shape index (κ2) is 3.55. The van der Waals surface area contributed by atoms with Crippen molar-refractivity contribution in [2.45, 2.75) is 26.4 Å². The van der Waals surface area contributed by atoms with Gasteiger partial charge in [0.25, 0.3) is 0 Å². The van der Waals surface area contributed by atoms with E-state index >= 15 is 0 Å². The van der Waals surface area contributed by atoms with Crippen LogP contribution in [0.25, 0.3) is 0 Å². The molecule has 0 rings (SSSR count). The molecule has 0 heterocycles. The third-order valence-corrected chi connectivity index (χ3v) is 0.844. The van der Waals surface area contributed by atoms with Crippen LogP contribution >= 0.6 is 0 Å². The Labute approximate surface area is 44.7 Å². The highest BCUT2D eigenvalue weighted by Crippen LogP contribution is 1.91. The molecule has 0 amide bonds. The lowest BCUT2D eigenvalue weighted by atomic mass is 10.3. The van der Waals surface area contributed by atoms with Crippen molar-refractivity contribution in [1.29, 1.82) is 0 Å². The van der Waals surface area contributed by atoms with E-state index in [2.05, 4.69) is 6.11 Å². The van der Waals surface area contributed by atoms with Gasteiger partial charge in [-0.25, -0.2) is 0 Å². The van der Waals surface area contributed by atoms with Gasteiger partial charge < -0.3 is 4.74 Å². The van der Waals surface area contributed by atoms with Crippen molar-refractivity contribution >= 4 is 0 Å². The Hall–Kier alpha value is -0.640. The third kappa shape index (κ3) is 3.18. The lowest BCUT2D eigenvalue weighted by molar-refractivity contribution is 0.181. The van der Waals surface area contributed by atoms with Crippen molar-refractivity contribution in [3.63, 3.8) is 0 Å². The fourth-order valence-electron chi connectivity index (χ4n) is 0.199. The average Bonchev–Trinajstić information content (AvgIpc) is 1.68. The molecular formula is C6H10O. The highest BCUT2D eigenvalue weighted by Gasteiger charge is 1.91. The number of ether oxygens (including phenoxy) is 1. The van der Waals surface area contributed by atoms with Gasteiger partial charge in [-0.1, -0.05) is 13.3 Å². The number of terminal acetylenes is 1. The highest BCUT2D eigenvalue weighted by atomic mass is 16.5. The van der Waals surface area contributed by atoms with Crippen molar-refractivity contribution < 1.29 is 4.74 Å². The molecule has 0 saturated carbocycles. The Bertz CT molecular complexity index is 70.7. The van der Waals surface area contributed by atoms with Crippen LogP contribution in [0.2, 0.25) is 0 Å². The molecule has 1 atom stereocenters. The van der Waals surface area contributed by atoms with Crippen molar-refractivity contribution in [3.05, 3.63) is 0 Å². The van der Waals surface area contributed by atoms with E-state index in [0.29, 0.717) is 0 Å². The molecule has 7 heavy (non-hydrogen) atoms. The van der Waals surface area contributed by atoms with Crippen LogP contribution in [-0.4, -0.2) is 6.10 Å². The fourth-order valence-corrected chi connectivity index (χ4v) is 0.199. The monoisotopic (exact) mass is 98.1 g/mol. The summed E-state index contributed by atoms with van der Waals surface area (Å²) in [4.78, 5) is 0. The van der Waals surface area contributed by atoms with Gasteiger partial charge in [0.1, 0.15) is 12.2 Å². The molecule has 1 unspecified atom stereocenters. The molecule has 0 fully saturated rings. The molecule has 0 aromatic heterocycles. The van der Waals surface area contributed by atoms with Gasteiger partial charge in [-0.3, -0.25) is 0 Å². The Kier molecular flexibility index (Phi) is 3.22. The van der Waals surface area contributed by atoms with Crippen molar-refractivity contribution in [3.8, 4) is 12.5 Å². The fraction of sp³-hybridized carbons (Fsp3) is 0.667. The summed E-state index contributed by atoms with van der Waals surface area (Å²) >= 11 is 0. The smallest absolute Gasteiger partial charge is 0.107 e. The number of hydrogen-bond donors (Lipinski definition) is 0. The number of hydrogen-bond acceptors (Lipinski definition) is 1. The predicted molar refractivity (Wildman–Crippen MR) is 29.7 cm³/mol. The first-order chi connectivity index (χ1) is 3.31. The molecule has 0 aliphatic rings. The van der Waals surface area contributed by atoms with E-state index in [1.165, 1.54) is 0 Å². The van der Waals surface area contributed by atoms with E-state index in [9.17, 15) is 0 Å². The van der Waals surface area contributed by atoms with E-state index in [-0.39, 0.29) is 6.10 Å². The van der Waals surface area contributed by atoms with Gasteiger partial charge in [-0.05, 0) is 13.3 Å². The third-order valence-electron chi connectivity index (χ3n) is 0.844. The minimum atomic E-state index is 0.213. The summed E-state index contributed by atoms with van der Waals surface area (Å²) in [6.07, 6.45) is 8.14. The summed E-state index contributed by atoms with van der Waals surface area (Å²) in [7, 11) is 0. The summed E-state index contributed by atoms with van der Waals surface area (Å²) in [5.74, 6) is 0. The molecule has 0 aromatic rings. The quantitative estimate of drug-likeness (QED) is 0.474. The molecule has 0 spiro atoms. The summed E-state index contributed by atoms with van der Waals surface area (Å²) in [6, 6.07) is 0. The van der Waals surface area contributed by atoms with Crippen LogP contribution in [0, 0.1) is 12.5 Å². The second-order valence-electron chi connectivity index (χ2n) is 1.45. The summed E-state index contributed by atoms with van der Waals surface area (Å²) in [5.41, 5.74) is 0. The van der Waals surface area contributed by atoms with Crippen LogP contribution in [0.4, 0.5) is 0 Å². The van der Waals surface area contributed by atoms with Crippen LogP contribution in [0.5, 0.6) is 0 Å². The van der Waals surface area contributed by atoms with Gasteiger partial charge in [-0.15, -0.1) is 0 Å². The molecule has 1 heteroatoms. The summed E-state index contributed by atoms with van der Waals surface area (Å²) in [6.45, 7) is 3.97. The van der Waals surface area contributed by atoms with Crippen LogP contribution in [0.3, 0.4) is 0 Å². The first kappa shape index (κ1) is 6.36. The first-order valence-electron chi connectivity index (χ1n) is 2.42. The Morgan fingerprint density at radius 2 is 2.43 bits per heavy atom. The average molecular weight is 98.1 g/mol. The zero-order chi connectivity index (χ0) is 5.70. The molecule has 0 saturated heterocycles. The van der Waals surface area contributed by atoms with Crippen LogP contribution in [-0.2, 0) is 4.74 Å². The molecule has 0 aliphatic carbocycles. The first-order valence-corrected chi connectivity index (χ1v) is 2.42. The number of rotatable bonds is 2.